The summed E-state index contributed by atoms with van der Waals surface area (Å²) >= 11 is 0. The quantitative estimate of drug-likeness (QED) is 0.524. The maximum atomic E-state index is 14.0. The van der Waals surface area contributed by atoms with Crippen molar-refractivity contribution in [2.45, 2.75) is 36.2 Å². The van der Waals surface area contributed by atoms with Crippen molar-refractivity contribution in [1.82, 2.24) is 18.8 Å². The SMILES string of the molecule is Cl.Cn1cnc(S(=O)(=O)N2CCN(C3(CCC(=O)c4c(F)cccc4F)CCCOC3)CC2)c1. The number of ether oxygens (including phenoxy) is 1. The summed E-state index contributed by atoms with van der Waals surface area (Å²) in [4.78, 5) is 18.8. The second-order valence-electron chi connectivity index (χ2n) is 8.67. The lowest BCUT2D eigenvalue weighted by molar-refractivity contribution is -0.0639. The number of carbonyl (C=O) groups excluding carboxylic acids is 1. The molecule has 1 atom stereocenters. The molecule has 1 aromatic carbocycles. The minimum atomic E-state index is -3.68. The van der Waals surface area contributed by atoms with Gasteiger partial charge in [0.25, 0.3) is 10.0 Å². The largest absolute Gasteiger partial charge is 0.380 e. The van der Waals surface area contributed by atoms with Crippen LogP contribution in [0.3, 0.4) is 0 Å². The normalized spacial score (nSPS) is 22.3. The van der Waals surface area contributed by atoms with E-state index in [-0.39, 0.29) is 36.9 Å². The van der Waals surface area contributed by atoms with E-state index >= 15 is 0 Å². The van der Waals surface area contributed by atoms with E-state index in [9.17, 15) is 22.0 Å². The second kappa shape index (κ2) is 10.8. The molecule has 2 aromatic rings. The summed E-state index contributed by atoms with van der Waals surface area (Å²) in [6.45, 7) is 2.53. The zero-order chi connectivity index (χ0) is 23.6. The molecule has 0 spiro atoms. The molecule has 0 N–H and O–H groups in total. The standard InChI is InChI=1S/C22H28F2N4O4S.ClH/c1-26-14-20(25-16-26)33(30,31)28-11-9-27(10-12-28)22(7-3-13-32-15-22)8-6-19(29)21-17(23)4-2-5-18(21)24;/h2,4-5,14,16H,3,6-13,15H2,1H3;1H. The van der Waals surface area contributed by atoms with Gasteiger partial charge in [0.1, 0.15) is 11.6 Å². The lowest BCUT2D eigenvalue weighted by atomic mass is 9.83. The second-order valence-corrected chi connectivity index (χ2v) is 10.6. The highest BCUT2D eigenvalue weighted by atomic mass is 35.5. The third-order valence-electron chi connectivity index (χ3n) is 6.56. The summed E-state index contributed by atoms with van der Waals surface area (Å²) in [5.74, 6) is -2.29. The van der Waals surface area contributed by atoms with Crippen molar-refractivity contribution in [2.24, 2.45) is 7.05 Å². The van der Waals surface area contributed by atoms with Gasteiger partial charge in [0, 0.05) is 58.0 Å². The van der Waals surface area contributed by atoms with Crippen LogP contribution in [0.25, 0.3) is 0 Å². The topological polar surface area (TPSA) is 84.7 Å². The number of hydrogen-bond donors (Lipinski definition) is 0. The van der Waals surface area contributed by atoms with E-state index < -0.39 is 38.5 Å². The lowest BCUT2D eigenvalue weighted by Crippen LogP contribution is -2.61. The molecule has 0 saturated carbocycles. The van der Waals surface area contributed by atoms with Gasteiger partial charge in [0.2, 0.25) is 0 Å². The summed E-state index contributed by atoms with van der Waals surface area (Å²) in [7, 11) is -1.97. The molecule has 2 fully saturated rings. The van der Waals surface area contributed by atoms with Crippen LogP contribution in [0.5, 0.6) is 0 Å². The molecule has 3 heterocycles. The molecule has 2 aliphatic heterocycles. The molecular weight excluding hydrogens is 490 g/mol. The van der Waals surface area contributed by atoms with Crippen LogP contribution in [-0.4, -0.2) is 77.9 Å². The third-order valence-corrected chi connectivity index (χ3v) is 8.34. The minimum absolute atomic E-state index is 0. The van der Waals surface area contributed by atoms with Crippen LogP contribution in [0.1, 0.15) is 36.0 Å². The lowest BCUT2D eigenvalue weighted by Gasteiger charge is -2.49. The summed E-state index contributed by atoms with van der Waals surface area (Å²) in [6.07, 6.45) is 4.86. The molecule has 188 valence electrons. The van der Waals surface area contributed by atoms with Crippen LogP contribution in [0.4, 0.5) is 8.78 Å². The number of benzene rings is 1. The van der Waals surface area contributed by atoms with Crippen LogP contribution >= 0.6 is 12.4 Å². The smallest absolute Gasteiger partial charge is 0.262 e. The van der Waals surface area contributed by atoms with Crippen molar-refractivity contribution < 1.29 is 26.7 Å². The molecule has 2 aliphatic rings. The summed E-state index contributed by atoms with van der Waals surface area (Å²) in [5, 5.41) is 0.0201. The molecule has 0 aliphatic carbocycles. The van der Waals surface area contributed by atoms with Crippen LogP contribution in [-0.2, 0) is 21.8 Å². The Morgan fingerprint density at radius 1 is 1.18 bits per heavy atom. The van der Waals surface area contributed by atoms with Gasteiger partial charge in [-0.25, -0.2) is 22.2 Å². The molecule has 0 bridgehead atoms. The van der Waals surface area contributed by atoms with E-state index in [0.717, 1.165) is 25.0 Å². The molecule has 12 heteroatoms. The highest BCUT2D eigenvalue weighted by molar-refractivity contribution is 7.89. The molecule has 8 nitrogen and oxygen atoms in total. The Morgan fingerprint density at radius 3 is 2.41 bits per heavy atom. The number of ketones is 1. The average molecular weight is 519 g/mol. The highest BCUT2D eigenvalue weighted by Crippen LogP contribution is 2.33. The number of imidazole rings is 1. The zero-order valence-corrected chi connectivity index (χ0v) is 20.6. The third kappa shape index (κ3) is 5.33. The van der Waals surface area contributed by atoms with Crippen LogP contribution in [0.2, 0.25) is 0 Å². The Morgan fingerprint density at radius 2 is 1.85 bits per heavy atom. The molecule has 34 heavy (non-hydrogen) atoms. The monoisotopic (exact) mass is 518 g/mol. The first-order chi connectivity index (χ1) is 15.7. The Balaban J connectivity index is 0.00000324. The Kier molecular flexibility index (Phi) is 8.46. The fourth-order valence-corrected chi connectivity index (χ4v) is 6.12. The van der Waals surface area contributed by atoms with Crippen molar-refractivity contribution in [3.63, 3.8) is 0 Å². The van der Waals surface area contributed by atoms with Crippen molar-refractivity contribution in [2.75, 3.05) is 39.4 Å². The zero-order valence-electron chi connectivity index (χ0n) is 19.0. The summed E-state index contributed by atoms with van der Waals surface area (Å²) in [5.41, 5.74) is -0.980. The van der Waals surface area contributed by atoms with Crippen LogP contribution < -0.4 is 0 Å². The molecular formula is C22H29ClF2N4O4S. The number of Topliss-reactive ketones (excluding diaryl/α,β-unsaturated/α-hetero) is 1. The van der Waals surface area contributed by atoms with Gasteiger partial charge in [-0.05, 0) is 31.4 Å². The van der Waals surface area contributed by atoms with Crippen molar-refractivity contribution in [3.8, 4) is 0 Å². The van der Waals surface area contributed by atoms with Gasteiger partial charge < -0.3 is 9.30 Å². The van der Waals surface area contributed by atoms with Crippen LogP contribution in [0, 0.1) is 11.6 Å². The number of halogens is 3. The highest BCUT2D eigenvalue weighted by Gasteiger charge is 2.42. The maximum Gasteiger partial charge on any atom is 0.262 e. The van der Waals surface area contributed by atoms with Gasteiger partial charge in [0.15, 0.2) is 10.8 Å². The van der Waals surface area contributed by atoms with Gasteiger partial charge in [0.05, 0.1) is 18.5 Å². The van der Waals surface area contributed by atoms with E-state index in [1.807, 2.05) is 0 Å². The van der Waals surface area contributed by atoms with Crippen molar-refractivity contribution >= 4 is 28.2 Å². The van der Waals surface area contributed by atoms with Gasteiger partial charge in [-0.2, -0.15) is 4.31 Å². The Hall–Kier alpha value is -1.92. The number of carbonyl (C=O) groups is 1. The number of aromatic nitrogens is 2. The van der Waals surface area contributed by atoms with Crippen LogP contribution in [0.15, 0.2) is 35.7 Å². The van der Waals surface area contributed by atoms with E-state index in [1.165, 1.54) is 22.9 Å². The molecule has 2 saturated heterocycles. The minimum Gasteiger partial charge on any atom is -0.380 e. The van der Waals surface area contributed by atoms with E-state index in [0.29, 0.717) is 32.7 Å². The molecule has 1 aromatic heterocycles. The Labute approximate surface area is 204 Å². The van der Waals surface area contributed by atoms with E-state index in [2.05, 4.69) is 9.88 Å². The summed E-state index contributed by atoms with van der Waals surface area (Å²) < 4.78 is 62.6. The van der Waals surface area contributed by atoms with E-state index in [1.54, 1.807) is 11.6 Å². The van der Waals surface area contributed by atoms with Gasteiger partial charge in [-0.15, -0.1) is 12.4 Å². The predicted octanol–water partition coefficient (Wildman–Crippen LogP) is 2.64. The first-order valence-corrected chi connectivity index (χ1v) is 12.5. The fourth-order valence-electron chi connectivity index (χ4n) is 4.73. The first-order valence-electron chi connectivity index (χ1n) is 11.0. The Bertz CT molecular complexity index is 1090. The van der Waals surface area contributed by atoms with Crippen molar-refractivity contribution in [3.05, 3.63) is 47.9 Å². The number of piperazine rings is 1. The molecule has 1 unspecified atom stereocenters. The number of aryl methyl sites for hydroxylation is 1. The average Bonchev–Trinajstić information content (AvgIpc) is 3.25. The molecule has 0 amide bonds. The number of nitrogens with zero attached hydrogens (tertiary/aromatic N) is 4. The molecule has 4 rings (SSSR count). The van der Waals surface area contributed by atoms with Crippen molar-refractivity contribution in [1.29, 1.82) is 0 Å². The fraction of sp³-hybridized carbons (Fsp3) is 0.545. The molecule has 0 radical (unpaired) electrons. The number of sulfonamides is 1. The summed E-state index contributed by atoms with van der Waals surface area (Å²) in [6, 6.07) is 3.39. The number of rotatable bonds is 7. The van der Waals surface area contributed by atoms with E-state index in [4.69, 9.17) is 4.74 Å². The first kappa shape index (κ1) is 26.7. The number of hydrogen-bond acceptors (Lipinski definition) is 6. The van der Waals surface area contributed by atoms with Gasteiger partial charge in [-0.1, -0.05) is 6.07 Å². The van der Waals surface area contributed by atoms with Gasteiger partial charge in [-0.3, -0.25) is 9.69 Å². The maximum absolute atomic E-state index is 14.0. The predicted molar refractivity (Wildman–Crippen MR) is 123 cm³/mol. The van der Waals surface area contributed by atoms with Gasteiger partial charge >= 0.3 is 0 Å².